The average Bonchev–Trinajstić information content (AvgIpc) is 2.04. The van der Waals surface area contributed by atoms with E-state index in [1.165, 1.54) is 11.1 Å². The molecule has 1 unspecified atom stereocenters. The standard InChI is InChI=1S/C9H13NS/c1-7-4-2-3-5-8(7)9(10)6-11/h2-5,9,11H,6,10H2,1H3. The fraction of sp³-hybridized carbons (Fsp3) is 0.333. The van der Waals surface area contributed by atoms with Crippen molar-refractivity contribution in [1.29, 1.82) is 0 Å². The van der Waals surface area contributed by atoms with Crippen LogP contribution in [0.15, 0.2) is 24.3 Å². The predicted octanol–water partition coefficient (Wildman–Crippen LogP) is 1.92. The van der Waals surface area contributed by atoms with Crippen LogP contribution >= 0.6 is 12.6 Å². The molecule has 1 aromatic carbocycles. The van der Waals surface area contributed by atoms with Crippen LogP contribution in [0.2, 0.25) is 0 Å². The maximum absolute atomic E-state index is 5.82. The van der Waals surface area contributed by atoms with Crippen molar-refractivity contribution in [3.05, 3.63) is 35.4 Å². The van der Waals surface area contributed by atoms with Gasteiger partial charge in [0.2, 0.25) is 0 Å². The van der Waals surface area contributed by atoms with E-state index in [-0.39, 0.29) is 6.04 Å². The van der Waals surface area contributed by atoms with Gasteiger partial charge in [0.25, 0.3) is 0 Å². The molecule has 0 aliphatic rings. The molecule has 0 saturated heterocycles. The van der Waals surface area contributed by atoms with Crippen molar-refractivity contribution in [3.8, 4) is 0 Å². The number of rotatable bonds is 2. The van der Waals surface area contributed by atoms with Gasteiger partial charge in [-0.15, -0.1) is 0 Å². The summed E-state index contributed by atoms with van der Waals surface area (Å²) in [5, 5.41) is 0. The first-order valence-electron chi connectivity index (χ1n) is 3.67. The predicted molar refractivity (Wildman–Crippen MR) is 52.0 cm³/mol. The van der Waals surface area contributed by atoms with E-state index in [1.807, 2.05) is 12.1 Å². The quantitative estimate of drug-likeness (QED) is 0.647. The van der Waals surface area contributed by atoms with Gasteiger partial charge in [0.15, 0.2) is 0 Å². The normalized spacial score (nSPS) is 13.0. The Hall–Kier alpha value is -0.470. The molecule has 0 spiro atoms. The molecule has 1 rings (SSSR count). The van der Waals surface area contributed by atoms with Gasteiger partial charge in [0, 0.05) is 11.8 Å². The van der Waals surface area contributed by atoms with Gasteiger partial charge in [-0.25, -0.2) is 0 Å². The molecule has 0 radical (unpaired) electrons. The van der Waals surface area contributed by atoms with Crippen molar-refractivity contribution in [1.82, 2.24) is 0 Å². The summed E-state index contributed by atoms with van der Waals surface area (Å²) in [4.78, 5) is 0. The smallest absolute Gasteiger partial charge is 0.0386 e. The minimum atomic E-state index is 0.0690. The number of hydrogen-bond acceptors (Lipinski definition) is 2. The first kappa shape index (κ1) is 8.62. The summed E-state index contributed by atoms with van der Waals surface area (Å²) < 4.78 is 0. The zero-order chi connectivity index (χ0) is 8.27. The molecule has 0 aromatic heterocycles. The van der Waals surface area contributed by atoms with Crippen LogP contribution in [0, 0.1) is 6.92 Å². The van der Waals surface area contributed by atoms with Gasteiger partial charge in [-0.05, 0) is 18.1 Å². The first-order chi connectivity index (χ1) is 5.25. The number of aryl methyl sites for hydroxylation is 1. The van der Waals surface area contributed by atoms with Gasteiger partial charge in [-0.3, -0.25) is 0 Å². The van der Waals surface area contributed by atoms with Crippen molar-refractivity contribution >= 4 is 12.6 Å². The van der Waals surface area contributed by atoms with Gasteiger partial charge < -0.3 is 5.73 Å². The lowest BCUT2D eigenvalue weighted by Crippen LogP contribution is -2.12. The molecule has 60 valence electrons. The van der Waals surface area contributed by atoms with E-state index in [9.17, 15) is 0 Å². The van der Waals surface area contributed by atoms with Crippen LogP contribution in [-0.2, 0) is 0 Å². The third-order valence-electron chi connectivity index (χ3n) is 1.78. The lowest BCUT2D eigenvalue weighted by molar-refractivity contribution is 0.825. The summed E-state index contributed by atoms with van der Waals surface area (Å²) in [6, 6.07) is 8.21. The summed E-state index contributed by atoms with van der Waals surface area (Å²) in [5.41, 5.74) is 8.26. The Kier molecular flexibility index (Phi) is 2.97. The van der Waals surface area contributed by atoms with E-state index >= 15 is 0 Å². The molecule has 0 fully saturated rings. The topological polar surface area (TPSA) is 26.0 Å². The van der Waals surface area contributed by atoms with Gasteiger partial charge >= 0.3 is 0 Å². The lowest BCUT2D eigenvalue weighted by atomic mass is 10.0. The Morgan fingerprint density at radius 3 is 2.64 bits per heavy atom. The molecule has 0 amide bonds. The fourth-order valence-electron chi connectivity index (χ4n) is 1.10. The lowest BCUT2D eigenvalue weighted by Gasteiger charge is -2.10. The van der Waals surface area contributed by atoms with Crippen molar-refractivity contribution in [3.63, 3.8) is 0 Å². The van der Waals surface area contributed by atoms with Crippen molar-refractivity contribution in [2.45, 2.75) is 13.0 Å². The fourth-order valence-corrected chi connectivity index (χ4v) is 1.30. The molecule has 0 aliphatic carbocycles. The van der Waals surface area contributed by atoms with Crippen LogP contribution in [0.4, 0.5) is 0 Å². The van der Waals surface area contributed by atoms with E-state index in [2.05, 4.69) is 31.7 Å². The van der Waals surface area contributed by atoms with Crippen LogP contribution in [0.5, 0.6) is 0 Å². The van der Waals surface area contributed by atoms with E-state index in [1.54, 1.807) is 0 Å². The Labute approximate surface area is 73.0 Å². The number of thiol groups is 1. The highest BCUT2D eigenvalue weighted by atomic mass is 32.1. The van der Waals surface area contributed by atoms with Gasteiger partial charge in [0.05, 0.1) is 0 Å². The van der Waals surface area contributed by atoms with Crippen LogP contribution in [0.25, 0.3) is 0 Å². The summed E-state index contributed by atoms with van der Waals surface area (Å²) in [7, 11) is 0. The molecule has 2 N–H and O–H groups in total. The SMILES string of the molecule is Cc1ccccc1C(N)CS. The van der Waals surface area contributed by atoms with Crippen molar-refractivity contribution in [2.75, 3.05) is 5.75 Å². The summed E-state index contributed by atoms with van der Waals surface area (Å²) in [5.74, 6) is 0.699. The number of nitrogens with two attached hydrogens (primary N) is 1. The van der Waals surface area contributed by atoms with E-state index in [0.29, 0.717) is 5.75 Å². The van der Waals surface area contributed by atoms with Crippen molar-refractivity contribution in [2.24, 2.45) is 5.73 Å². The molecule has 0 aliphatic heterocycles. The highest BCUT2D eigenvalue weighted by Gasteiger charge is 2.04. The van der Waals surface area contributed by atoms with Crippen molar-refractivity contribution < 1.29 is 0 Å². The molecule has 11 heavy (non-hydrogen) atoms. The zero-order valence-electron chi connectivity index (χ0n) is 6.62. The molecule has 2 heteroatoms. The van der Waals surface area contributed by atoms with E-state index in [0.717, 1.165) is 0 Å². The Bertz CT molecular complexity index is 235. The minimum absolute atomic E-state index is 0.0690. The third-order valence-corrected chi connectivity index (χ3v) is 2.18. The molecule has 0 bridgehead atoms. The highest BCUT2D eigenvalue weighted by molar-refractivity contribution is 7.80. The number of hydrogen-bond donors (Lipinski definition) is 2. The van der Waals surface area contributed by atoms with Crippen LogP contribution in [-0.4, -0.2) is 5.75 Å². The van der Waals surface area contributed by atoms with Gasteiger partial charge in [-0.2, -0.15) is 12.6 Å². The second-order valence-electron chi connectivity index (χ2n) is 2.65. The number of benzene rings is 1. The zero-order valence-corrected chi connectivity index (χ0v) is 7.51. The first-order valence-corrected chi connectivity index (χ1v) is 4.31. The van der Waals surface area contributed by atoms with Crippen LogP contribution in [0.3, 0.4) is 0 Å². The molecule has 1 atom stereocenters. The highest BCUT2D eigenvalue weighted by Crippen LogP contribution is 2.15. The third kappa shape index (κ3) is 1.98. The maximum Gasteiger partial charge on any atom is 0.0386 e. The molecule has 1 nitrogen and oxygen atoms in total. The molecule has 0 heterocycles. The Morgan fingerprint density at radius 2 is 2.09 bits per heavy atom. The van der Waals surface area contributed by atoms with Crippen LogP contribution in [0.1, 0.15) is 17.2 Å². The molecule has 1 aromatic rings. The Morgan fingerprint density at radius 1 is 1.45 bits per heavy atom. The maximum atomic E-state index is 5.82. The van der Waals surface area contributed by atoms with E-state index < -0.39 is 0 Å². The summed E-state index contributed by atoms with van der Waals surface area (Å²) >= 11 is 4.15. The minimum Gasteiger partial charge on any atom is -0.323 e. The monoisotopic (exact) mass is 167 g/mol. The van der Waals surface area contributed by atoms with Crippen LogP contribution < -0.4 is 5.73 Å². The van der Waals surface area contributed by atoms with E-state index in [4.69, 9.17) is 5.73 Å². The second-order valence-corrected chi connectivity index (χ2v) is 3.01. The van der Waals surface area contributed by atoms with Gasteiger partial charge in [-0.1, -0.05) is 24.3 Å². The molecular weight excluding hydrogens is 154 g/mol. The average molecular weight is 167 g/mol. The second kappa shape index (κ2) is 3.79. The molecule has 0 saturated carbocycles. The largest absolute Gasteiger partial charge is 0.323 e. The molecular formula is C9H13NS. The summed E-state index contributed by atoms with van der Waals surface area (Å²) in [6.07, 6.45) is 0. The Balaban J connectivity index is 2.93. The summed E-state index contributed by atoms with van der Waals surface area (Å²) in [6.45, 7) is 2.07. The van der Waals surface area contributed by atoms with Gasteiger partial charge in [0.1, 0.15) is 0 Å².